The first kappa shape index (κ1) is 15.0. The van der Waals surface area contributed by atoms with Gasteiger partial charge in [0.25, 0.3) is 0 Å². The Bertz CT molecular complexity index is 1200. The first-order chi connectivity index (χ1) is 12.4. The molecule has 0 bridgehead atoms. The second-order valence-electron chi connectivity index (χ2n) is 6.86. The highest BCUT2D eigenvalue weighted by Crippen LogP contribution is 2.41. The molecule has 1 heteroatoms. The monoisotopic (exact) mass is 342 g/mol. The average Bonchev–Trinajstić information content (AvgIpc) is 2.66. The predicted octanol–water partition coefficient (Wildman–Crippen LogP) is 7.30. The van der Waals surface area contributed by atoms with Crippen LogP contribution in [0.4, 0.5) is 0 Å². The van der Waals surface area contributed by atoms with Gasteiger partial charge >= 0.3 is 0 Å². The maximum absolute atomic E-state index is 5.91. The molecule has 5 aromatic carbocycles. The standard InChI is InChI=1S/C24H19Cl/c25-15-2-1-6-17-13-14-18-9-4-11-20-19-10-3-7-16-8-5-12-21(22(16)19)24(17)23(18)20/h3-5,7-14H,1-2,6,15H2. The van der Waals surface area contributed by atoms with Crippen LogP contribution in [0.5, 0.6) is 0 Å². The Morgan fingerprint density at radius 3 is 1.92 bits per heavy atom. The molecule has 0 spiro atoms. The molecule has 0 saturated carbocycles. The van der Waals surface area contributed by atoms with Crippen molar-refractivity contribution >= 4 is 54.7 Å². The maximum Gasteiger partial charge on any atom is 0.0223 e. The van der Waals surface area contributed by atoms with Gasteiger partial charge in [-0.25, -0.2) is 0 Å². The molecular weight excluding hydrogens is 324 g/mol. The SMILES string of the molecule is ClCCCCc1ccc2cccc3c4cccc5cccc(c1c23)c54. The molecule has 0 fully saturated rings. The topological polar surface area (TPSA) is 0 Å². The van der Waals surface area contributed by atoms with Gasteiger partial charge in [0, 0.05) is 5.88 Å². The molecule has 0 N–H and O–H groups in total. The summed E-state index contributed by atoms with van der Waals surface area (Å²) in [5.41, 5.74) is 1.45. The number of alkyl halides is 1. The molecule has 0 radical (unpaired) electrons. The Morgan fingerprint density at radius 1 is 0.560 bits per heavy atom. The highest BCUT2D eigenvalue weighted by Gasteiger charge is 2.14. The molecule has 0 aliphatic carbocycles. The average molecular weight is 343 g/mol. The molecule has 5 aromatic rings. The van der Waals surface area contributed by atoms with Crippen LogP contribution in [0.15, 0.2) is 66.7 Å². The number of hydrogen-bond acceptors (Lipinski definition) is 0. The second-order valence-corrected chi connectivity index (χ2v) is 7.24. The van der Waals surface area contributed by atoms with E-state index in [1.54, 1.807) is 0 Å². The third kappa shape index (κ3) is 2.21. The van der Waals surface area contributed by atoms with E-state index in [1.165, 1.54) is 48.7 Å². The number of halogens is 1. The third-order valence-electron chi connectivity index (χ3n) is 5.43. The largest absolute Gasteiger partial charge is 0.127 e. The molecule has 0 saturated heterocycles. The number of rotatable bonds is 4. The first-order valence-electron chi connectivity index (χ1n) is 9.01. The number of benzene rings is 5. The van der Waals surface area contributed by atoms with E-state index in [1.807, 2.05) is 0 Å². The predicted molar refractivity (Wildman–Crippen MR) is 111 cm³/mol. The van der Waals surface area contributed by atoms with Crippen molar-refractivity contribution in [3.8, 4) is 0 Å². The van der Waals surface area contributed by atoms with E-state index in [9.17, 15) is 0 Å². The molecule has 25 heavy (non-hydrogen) atoms. The molecular formula is C24H19Cl. The van der Waals surface area contributed by atoms with E-state index in [4.69, 9.17) is 11.6 Å². The van der Waals surface area contributed by atoms with Crippen molar-refractivity contribution in [1.29, 1.82) is 0 Å². The van der Waals surface area contributed by atoms with E-state index in [0.717, 1.165) is 25.1 Å². The minimum Gasteiger partial charge on any atom is -0.127 e. The number of fused-ring (bicyclic) bond motifs is 2. The van der Waals surface area contributed by atoms with Crippen molar-refractivity contribution in [2.75, 3.05) is 5.88 Å². The molecule has 0 atom stereocenters. The van der Waals surface area contributed by atoms with Gasteiger partial charge in [-0.2, -0.15) is 0 Å². The summed E-state index contributed by atoms with van der Waals surface area (Å²) < 4.78 is 0. The zero-order valence-corrected chi connectivity index (χ0v) is 14.8. The minimum atomic E-state index is 0.743. The molecule has 0 amide bonds. The maximum atomic E-state index is 5.91. The van der Waals surface area contributed by atoms with Crippen LogP contribution in [0.2, 0.25) is 0 Å². The highest BCUT2D eigenvalue weighted by molar-refractivity contribution is 6.33. The van der Waals surface area contributed by atoms with Crippen molar-refractivity contribution in [3.63, 3.8) is 0 Å². The van der Waals surface area contributed by atoms with Crippen molar-refractivity contribution in [2.24, 2.45) is 0 Å². The molecule has 0 heterocycles. The fourth-order valence-electron chi connectivity index (χ4n) is 4.35. The first-order valence-corrected chi connectivity index (χ1v) is 9.55. The van der Waals surface area contributed by atoms with Gasteiger partial charge in [0.15, 0.2) is 0 Å². The van der Waals surface area contributed by atoms with Gasteiger partial charge in [-0.1, -0.05) is 66.7 Å². The summed E-state index contributed by atoms with van der Waals surface area (Å²) in [5.74, 6) is 0.743. The Kier molecular flexibility index (Phi) is 3.53. The fourth-order valence-corrected chi connectivity index (χ4v) is 4.54. The summed E-state index contributed by atoms with van der Waals surface area (Å²) >= 11 is 5.91. The number of aryl methyl sites for hydroxylation is 1. The minimum absolute atomic E-state index is 0.743. The fraction of sp³-hybridized carbons (Fsp3) is 0.167. The quantitative estimate of drug-likeness (QED) is 0.139. The van der Waals surface area contributed by atoms with E-state index in [-0.39, 0.29) is 0 Å². The van der Waals surface area contributed by atoms with Crippen molar-refractivity contribution < 1.29 is 0 Å². The van der Waals surface area contributed by atoms with E-state index < -0.39 is 0 Å². The van der Waals surface area contributed by atoms with Crippen LogP contribution in [0.1, 0.15) is 18.4 Å². The molecule has 0 aliphatic heterocycles. The van der Waals surface area contributed by atoms with Gasteiger partial charge in [-0.15, -0.1) is 11.6 Å². The van der Waals surface area contributed by atoms with Crippen LogP contribution in [0.3, 0.4) is 0 Å². The van der Waals surface area contributed by atoms with Gasteiger partial charge in [0.05, 0.1) is 0 Å². The van der Waals surface area contributed by atoms with Crippen molar-refractivity contribution in [1.82, 2.24) is 0 Å². The smallest absolute Gasteiger partial charge is 0.0223 e. The third-order valence-corrected chi connectivity index (χ3v) is 5.69. The van der Waals surface area contributed by atoms with Gasteiger partial charge in [0.2, 0.25) is 0 Å². The van der Waals surface area contributed by atoms with E-state index in [0.29, 0.717) is 0 Å². The lowest BCUT2D eigenvalue weighted by molar-refractivity contribution is 0.804. The molecule has 122 valence electrons. The lowest BCUT2D eigenvalue weighted by atomic mass is 9.87. The van der Waals surface area contributed by atoms with E-state index in [2.05, 4.69) is 66.7 Å². The Hall–Kier alpha value is -2.31. The Labute approximate surface area is 152 Å². The Morgan fingerprint density at radius 2 is 1.20 bits per heavy atom. The summed E-state index contributed by atoms with van der Waals surface area (Å²) in [6, 6.07) is 24.7. The summed E-state index contributed by atoms with van der Waals surface area (Å²) in [5, 5.41) is 11.0. The molecule has 0 aromatic heterocycles. The highest BCUT2D eigenvalue weighted by atomic mass is 35.5. The van der Waals surface area contributed by atoms with Crippen LogP contribution in [-0.4, -0.2) is 5.88 Å². The summed E-state index contributed by atoms with van der Waals surface area (Å²) in [4.78, 5) is 0. The molecule has 5 rings (SSSR count). The van der Waals surface area contributed by atoms with Crippen LogP contribution in [0.25, 0.3) is 43.1 Å². The molecule has 0 unspecified atom stereocenters. The van der Waals surface area contributed by atoms with Crippen molar-refractivity contribution in [3.05, 3.63) is 72.3 Å². The van der Waals surface area contributed by atoms with Crippen LogP contribution >= 0.6 is 11.6 Å². The van der Waals surface area contributed by atoms with Crippen molar-refractivity contribution in [2.45, 2.75) is 19.3 Å². The number of unbranched alkanes of at least 4 members (excludes halogenated alkanes) is 1. The van der Waals surface area contributed by atoms with Gasteiger partial charge < -0.3 is 0 Å². The zero-order chi connectivity index (χ0) is 16.8. The second kappa shape index (κ2) is 5.89. The van der Waals surface area contributed by atoms with Gasteiger partial charge in [-0.3, -0.25) is 0 Å². The van der Waals surface area contributed by atoms with Gasteiger partial charge in [-0.05, 0) is 67.9 Å². The summed E-state index contributed by atoms with van der Waals surface area (Å²) in [7, 11) is 0. The lowest BCUT2D eigenvalue weighted by Crippen LogP contribution is -1.93. The summed E-state index contributed by atoms with van der Waals surface area (Å²) in [6.45, 7) is 0. The number of hydrogen-bond donors (Lipinski definition) is 0. The van der Waals surface area contributed by atoms with Crippen LogP contribution < -0.4 is 0 Å². The van der Waals surface area contributed by atoms with E-state index >= 15 is 0 Å². The summed E-state index contributed by atoms with van der Waals surface area (Å²) in [6.07, 6.45) is 3.30. The molecule has 0 aliphatic rings. The molecule has 0 nitrogen and oxygen atoms in total. The lowest BCUT2D eigenvalue weighted by Gasteiger charge is -2.17. The zero-order valence-electron chi connectivity index (χ0n) is 14.1. The Balaban J connectivity index is 1.99. The van der Waals surface area contributed by atoms with Gasteiger partial charge in [0.1, 0.15) is 0 Å². The normalized spacial score (nSPS) is 12.0. The van der Waals surface area contributed by atoms with Crippen LogP contribution in [0, 0.1) is 0 Å². The van der Waals surface area contributed by atoms with Crippen LogP contribution in [-0.2, 0) is 6.42 Å².